The van der Waals surface area contributed by atoms with E-state index in [0.29, 0.717) is 44.8 Å². The summed E-state index contributed by atoms with van der Waals surface area (Å²) >= 11 is 0. The number of rotatable bonds is 21. The minimum Gasteiger partial charge on any atom is -0.493 e. The van der Waals surface area contributed by atoms with Crippen LogP contribution in [0.4, 0.5) is 11.4 Å². The van der Waals surface area contributed by atoms with Crippen molar-refractivity contribution in [3.8, 4) is 5.75 Å². The average Bonchev–Trinajstić information content (AvgIpc) is 2.94. The summed E-state index contributed by atoms with van der Waals surface area (Å²) in [5.41, 5.74) is 2.92. The van der Waals surface area contributed by atoms with Crippen LogP contribution >= 0.6 is 0 Å². The van der Waals surface area contributed by atoms with Crippen LogP contribution in [-0.4, -0.2) is 47.7 Å². The fraction of sp³-hybridized carbons (Fsp3) is 0.567. The molecule has 9 heteroatoms. The number of hydrogen-bond acceptors (Lipinski definition) is 7. The van der Waals surface area contributed by atoms with Gasteiger partial charge in [0.2, 0.25) is 5.91 Å². The fourth-order valence-electron chi connectivity index (χ4n) is 4.09. The maximum atomic E-state index is 12.2. The third kappa shape index (κ3) is 13.3. The number of azo groups is 1. The van der Waals surface area contributed by atoms with Gasteiger partial charge >= 0.3 is 8.80 Å². The van der Waals surface area contributed by atoms with Gasteiger partial charge in [-0.2, -0.15) is 10.2 Å². The Balaban J connectivity index is 1.67. The Morgan fingerprint density at radius 3 is 1.92 bits per heavy atom. The highest BCUT2D eigenvalue weighted by Crippen LogP contribution is 2.22. The van der Waals surface area contributed by atoms with Gasteiger partial charge < -0.3 is 23.3 Å². The number of aryl methyl sites for hydroxylation is 1. The van der Waals surface area contributed by atoms with E-state index in [1.807, 2.05) is 57.2 Å². The Morgan fingerprint density at radius 2 is 1.36 bits per heavy atom. The minimum absolute atomic E-state index is 0.0519. The van der Waals surface area contributed by atoms with Gasteiger partial charge in [-0.25, -0.2) is 0 Å². The normalized spacial score (nSPS) is 11.7. The van der Waals surface area contributed by atoms with E-state index in [-0.39, 0.29) is 12.3 Å². The maximum Gasteiger partial charge on any atom is 0.500 e. The quantitative estimate of drug-likeness (QED) is 0.0972. The summed E-state index contributed by atoms with van der Waals surface area (Å²) in [6.07, 6.45) is 7.20. The summed E-state index contributed by atoms with van der Waals surface area (Å²) in [4.78, 5) is 12.2. The molecule has 2 aromatic carbocycles. The molecule has 0 aliphatic rings. The zero-order valence-corrected chi connectivity index (χ0v) is 25.2. The number of benzene rings is 2. The van der Waals surface area contributed by atoms with Crippen LogP contribution < -0.4 is 10.1 Å². The first-order valence-electron chi connectivity index (χ1n) is 14.5. The van der Waals surface area contributed by atoms with Crippen molar-refractivity contribution >= 4 is 26.1 Å². The second kappa shape index (κ2) is 19.5. The molecule has 1 amide bonds. The summed E-state index contributed by atoms with van der Waals surface area (Å²) < 4.78 is 23.3. The summed E-state index contributed by atoms with van der Waals surface area (Å²) in [6, 6.07) is 16.3. The van der Waals surface area contributed by atoms with Gasteiger partial charge in [-0.3, -0.25) is 4.79 Å². The van der Waals surface area contributed by atoms with Crippen molar-refractivity contribution in [2.75, 3.05) is 33.0 Å². The second-order valence-corrected chi connectivity index (χ2v) is 11.9. The molecule has 0 aliphatic carbocycles. The van der Waals surface area contributed by atoms with Crippen LogP contribution in [0.5, 0.6) is 5.75 Å². The SMILES string of the molecule is CCCCCCc1ccc(N=Nc2ccc(OCCC(=O)NCCC[Si](OCC)(OCC)OCC)cc2)cc1. The van der Waals surface area contributed by atoms with Crippen LogP contribution in [0.25, 0.3) is 0 Å². The van der Waals surface area contributed by atoms with Gasteiger partial charge in [0.25, 0.3) is 0 Å². The first-order chi connectivity index (χ1) is 19.0. The smallest absolute Gasteiger partial charge is 0.493 e. The molecule has 8 nitrogen and oxygen atoms in total. The average molecular weight is 558 g/mol. The largest absolute Gasteiger partial charge is 0.500 e. The monoisotopic (exact) mass is 557 g/mol. The number of nitrogens with one attached hydrogen (secondary N) is 1. The number of amides is 1. The van der Waals surface area contributed by atoms with Crippen molar-refractivity contribution in [1.29, 1.82) is 0 Å². The van der Waals surface area contributed by atoms with E-state index in [0.717, 1.165) is 24.2 Å². The van der Waals surface area contributed by atoms with Gasteiger partial charge in [-0.1, -0.05) is 38.3 Å². The van der Waals surface area contributed by atoms with Gasteiger partial charge in [0, 0.05) is 32.4 Å². The molecule has 0 saturated carbocycles. The fourth-order valence-corrected chi connectivity index (χ4v) is 6.71. The van der Waals surface area contributed by atoms with Gasteiger partial charge in [-0.05, 0) is 82.0 Å². The molecule has 2 aromatic rings. The second-order valence-electron chi connectivity index (χ2n) is 9.21. The van der Waals surface area contributed by atoms with E-state index in [1.165, 1.54) is 31.2 Å². The van der Waals surface area contributed by atoms with Crippen molar-refractivity contribution in [3.05, 3.63) is 54.1 Å². The van der Waals surface area contributed by atoms with Crippen molar-refractivity contribution in [1.82, 2.24) is 5.32 Å². The number of carbonyl (C=O) groups excluding carboxylic acids is 1. The lowest BCUT2D eigenvalue weighted by Gasteiger charge is -2.28. The van der Waals surface area contributed by atoms with Crippen LogP contribution in [0, 0.1) is 0 Å². The van der Waals surface area contributed by atoms with Crippen LogP contribution in [0.1, 0.15) is 71.8 Å². The Labute approximate surface area is 235 Å². The molecule has 0 aliphatic heterocycles. The van der Waals surface area contributed by atoms with Crippen LogP contribution in [0.3, 0.4) is 0 Å². The van der Waals surface area contributed by atoms with Crippen molar-refractivity contribution in [3.63, 3.8) is 0 Å². The summed E-state index contributed by atoms with van der Waals surface area (Å²) in [7, 11) is -2.67. The Morgan fingerprint density at radius 1 is 0.769 bits per heavy atom. The van der Waals surface area contributed by atoms with Crippen molar-refractivity contribution < 1.29 is 22.8 Å². The van der Waals surface area contributed by atoms with Crippen molar-refractivity contribution in [2.24, 2.45) is 10.2 Å². The molecule has 0 fully saturated rings. The van der Waals surface area contributed by atoms with Gasteiger partial charge in [-0.15, -0.1) is 0 Å². The molecule has 0 atom stereocenters. The van der Waals surface area contributed by atoms with Crippen LogP contribution in [-0.2, 0) is 24.5 Å². The highest BCUT2D eigenvalue weighted by molar-refractivity contribution is 6.60. The molecule has 0 radical (unpaired) electrons. The minimum atomic E-state index is -2.67. The van der Waals surface area contributed by atoms with E-state index in [4.69, 9.17) is 18.0 Å². The lowest BCUT2D eigenvalue weighted by molar-refractivity contribution is -0.121. The van der Waals surface area contributed by atoms with Crippen molar-refractivity contribution in [2.45, 2.75) is 78.7 Å². The molecule has 0 unspecified atom stereocenters. The zero-order valence-electron chi connectivity index (χ0n) is 24.2. The molecule has 216 valence electrons. The number of hydrogen-bond donors (Lipinski definition) is 1. The molecule has 0 heterocycles. The van der Waals surface area contributed by atoms with Gasteiger partial charge in [0.05, 0.1) is 24.4 Å². The van der Waals surface area contributed by atoms with E-state index in [2.05, 4.69) is 34.6 Å². The molecular weight excluding hydrogens is 510 g/mol. The zero-order chi connectivity index (χ0) is 28.2. The number of carbonyl (C=O) groups is 1. The van der Waals surface area contributed by atoms with Crippen LogP contribution in [0.15, 0.2) is 58.8 Å². The number of unbranched alkanes of at least 4 members (excludes halogenated alkanes) is 3. The molecule has 0 saturated heterocycles. The highest BCUT2D eigenvalue weighted by Gasteiger charge is 2.39. The predicted molar refractivity (Wildman–Crippen MR) is 158 cm³/mol. The Kier molecular flexibility index (Phi) is 16.3. The number of ether oxygens (including phenoxy) is 1. The van der Waals surface area contributed by atoms with Gasteiger partial charge in [0.1, 0.15) is 5.75 Å². The summed E-state index contributed by atoms with van der Waals surface area (Å²) in [6.45, 7) is 10.5. The Hall–Kier alpha value is -2.59. The first kappa shape index (κ1) is 32.6. The molecule has 1 N–H and O–H groups in total. The molecule has 2 rings (SSSR count). The molecule has 0 aromatic heterocycles. The third-order valence-electron chi connectivity index (χ3n) is 6.05. The molecule has 0 bridgehead atoms. The lowest BCUT2D eigenvalue weighted by atomic mass is 10.1. The van der Waals surface area contributed by atoms with Crippen LogP contribution in [0.2, 0.25) is 6.04 Å². The van der Waals surface area contributed by atoms with Gasteiger partial charge in [0.15, 0.2) is 0 Å². The summed E-state index contributed by atoms with van der Waals surface area (Å²) in [5.74, 6) is 0.638. The third-order valence-corrected chi connectivity index (χ3v) is 9.20. The Bertz CT molecular complexity index is 937. The summed E-state index contributed by atoms with van der Waals surface area (Å²) in [5, 5.41) is 11.6. The lowest BCUT2D eigenvalue weighted by Crippen LogP contribution is -2.46. The predicted octanol–water partition coefficient (Wildman–Crippen LogP) is 7.55. The standard InChI is InChI=1S/C30H47N3O5Si/c1-5-9-10-11-13-26-14-16-27(17-15-26)32-33-28-18-20-29(21-19-28)35-24-22-30(34)31-23-12-25-39(36-6-2,37-7-3)38-8-4/h14-21H,5-13,22-25H2,1-4H3,(H,31,34). The van der Waals surface area contributed by atoms with E-state index >= 15 is 0 Å². The highest BCUT2D eigenvalue weighted by atomic mass is 28.4. The first-order valence-corrected chi connectivity index (χ1v) is 16.4. The van der Waals surface area contributed by atoms with E-state index in [1.54, 1.807) is 0 Å². The molecule has 0 spiro atoms. The number of nitrogens with zero attached hydrogens (tertiary/aromatic N) is 2. The maximum absolute atomic E-state index is 12.2. The molecular formula is C30H47N3O5Si. The van der Waals surface area contributed by atoms with E-state index in [9.17, 15) is 4.79 Å². The van der Waals surface area contributed by atoms with E-state index < -0.39 is 8.80 Å². The molecule has 39 heavy (non-hydrogen) atoms. The topological polar surface area (TPSA) is 90.7 Å².